The van der Waals surface area contributed by atoms with Crippen molar-refractivity contribution in [3.63, 3.8) is 0 Å². The largest absolute Gasteiger partial charge is 0.495 e. The second-order valence-corrected chi connectivity index (χ2v) is 4.67. The lowest BCUT2D eigenvalue weighted by Crippen LogP contribution is -2.14. The van der Waals surface area contributed by atoms with Crippen LogP contribution in [0.15, 0.2) is 42.5 Å². The highest BCUT2D eigenvalue weighted by Crippen LogP contribution is 2.24. The van der Waals surface area contributed by atoms with Crippen LogP contribution < -0.4 is 15.8 Å². The van der Waals surface area contributed by atoms with Crippen LogP contribution in [0.25, 0.3) is 0 Å². The SMILES string of the molecule is COc1ccc(NC(=O)Cc2ccc(C)cc2)cc1N. The van der Waals surface area contributed by atoms with Crippen molar-refractivity contribution in [1.29, 1.82) is 0 Å². The van der Waals surface area contributed by atoms with E-state index in [1.165, 1.54) is 5.56 Å². The van der Waals surface area contributed by atoms with E-state index < -0.39 is 0 Å². The van der Waals surface area contributed by atoms with E-state index in [1.54, 1.807) is 25.3 Å². The van der Waals surface area contributed by atoms with E-state index in [4.69, 9.17) is 10.5 Å². The molecule has 2 aromatic rings. The molecule has 0 aromatic heterocycles. The van der Waals surface area contributed by atoms with Crippen LogP contribution in [0.5, 0.6) is 5.75 Å². The quantitative estimate of drug-likeness (QED) is 0.840. The molecule has 0 bridgehead atoms. The van der Waals surface area contributed by atoms with Gasteiger partial charge in [0.25, 0.3) is 0 Å². The Balaban J connectivity index is 2.01. The Hall–Kier alpha value is -2.49. The monoisotopic (exact) mass is 270 g/mol. The maximum atomic E-state index is 11.9. The fraction of sp³-hybridized carbons (Fsp3) is 0.188. The van der Waals surface area contributed by atoms with Crippen LogP contribution in [-0.4, -0.2) is 13.0 Å². The first-order valence-electron chi connectivity index (χ1n) is 6.37. The third-order valence-corrected chi connectivity index (χ3v) is 3.00. The number of carbonyl (C=O) groups excluding carboxylic acids is 1. The van der Waals surface area contributed by atoms with Gasteiger partial charge in [0.05, 0.1) is 19.2 Å². The van der Waals surface area contributed by atoms with Crippen molar-refractivity contribution in [3.05, 3.63) is 53.6 Å². The van der Waals surface area contributed by atoms with Crippen LogP contribution in [0.3, 0.4) is 0 Å². The molecule has 1 amide bonds. The molecule has 0 fully saturated rings. The van der Waals surface area contributed by atoms with E-state index in [-0.39, 0.29) is 5.91 Å². The summed E-state index contributed by atoms with van der Waals surface area (Å²) in [6, 6.07) is 13.1. The first-order chi connectivity index (χ1) is 9.58. The number of anilines is 2. The average Bonchev–Trinajstić information content (AvgIpc) is 2.41. The van der Waals surface area contributed by atoms with Crippen molar-refractivity contribution in [3.8, 4) is 5.75 Å². The Bertz CT molecular complexity index is 606. The predicted octanol–water partition coefficient (Wildman–Crippen LogP) is 2.77. The standard InChI is InChI=1S/C16H18N2O2/c1-11-3-5-12(6-4-11)9-16(19)18-13-7-8-15(20-2)14(17)10-13/h3-8,10H,9,17H2,1-2H3,(H,18,19). The summed E-state index contributed by atoms with van der Waals surface area (Å²) in [4.78, 5) is 11.9. The predicted molar refractivity (Wildman–Crippen MR) is 80.9 cm³/mol. The third-order valence-electron chi connectivity index (χ3n) is 3.00. The number of hydrogen-bond donors (Lipinski definition) is 2. The van der Waals surface area contributed by atoms with Gasteiger partial charge in [-0.2, -0.15) is 0 Å². The number of methoxy groups -OCH3 is 1. The maximum Gasteiger partial charge on any atom is 0.228 e. The zero-order chi connectivity index (χ0) is 14.5. The molecule has 2 aromatic carbocycles. The number of rotatable bonds is 4. The highest BCUT2D eigenvalue weighted by atomic mass is 16.5. The summed E-state index contributed by atoms with van der Waals surface area (Å²) in [5.74, 6) is 0.528. The molecule has 0 heterocycles. The van der Waals surface area contributed by atoms with E-state index in [2.05, 4.69) is 5.32 Å². The van der Waals surface area contributed by atoms with Crippen molar-refractivity contribution >= 4 is 17.3 Å². The molecule has 0 aliphatic carbocycles. The summed E-state index contributed by atoms with van der Waals surface area (Å²) in [6.45, 7) is 2.02. The summed E-state index contributed by atoms with van der Waals surface area (Å²) >= 11 is 0. The number of benzene rings is 2. The molecule has 20 heavy (non-hydrogen) atoms. The Kier molecular flexibility index (Phi) is 4.25. The second kappa shape index (κ2) is 6.10. The molecule has 0 saturated heterocycles. The molecule has 0 aliphatic rings. The van der Waals surface area contributed by atoms with Gasteiger partial charge in [-0.1, -0.05) is 29.8 Å². The van der Waals surface area contributed by atoms with Crippen molar-refractivity contribution in [2.45, 2.75) is 13.3 Å². The molecular weight excluding hydrogens is 252 g/mol. The van der Waals surface area contributed by atoms with Crippen molar-refractivity contribution in [2.75, 3.05) is 18.2 Å². The van der Waals surface area contributed by atoms with Gasteiger partial charge in [-0.15, -0.1) is 0 Å². The van der Waals surface area contributed by atoms with Crippen LogP contribution in [-0.2, 0) is 11.2 Å². The number of ether oxygens (including phenoxy) is 1. The smallest absolute Gasteiger partial charge is 0.228 e. The molecular formula is C16H18N2O2. The van der Waals surface area contributed by atoms with Crippen LogP contribution in [0, 0.1) is 6.92 Å². The minimum atomic E-state index is -0.0709. The van der Waals surface area contributed by atoms with E-state index in [0.717, 1.165) is 5.56 Å². The van der Waals surface area contributed by atoms with Crippen LogP contribution in [0.4, 0.5) is 11.4 Å². The fourth-order valence-corrected chi connectivity index (χ4v) is 1.91. The molecule has 4 heteroatoms. The molecule has 3 N–H and O–H groups in total. The first-order valence-corrected chi connectivity index (χ1v) is 6.37. The summed E-state index contributed by atoms with van der Waals surface area (Å²) < 4.78 is 5.07. The molecule has 0 aliphatic heterocycles. The Morgan fingerprint density at radius 2 is 1.90 bits per heavy atom. The van der Waals surface area contributed by atoms with Gasteiger partial charge < -0.3 is 15.8 Å². The molecule has 104 valence electrons. The number of hydrogen-bond acceptors (Lipinski definition) is 3. The number of aryl methyl sites for hydroxylation is 1. The topological polar surface area (TPSA) is 64.3 Å². The first kappa shape index (κ1) is 13.9. The maximum absolute atomic E-state index is 11.9. The molecule has 0 radical (unpaired) electrons. The lowest BCUT2D eigenvalue weighted by atomic mass is 10.1. The fourth-order valence-electron chi connectivity index (χ4n) is 1.91. The number of nitrogens with one attached hydrogen (secondary N) is 1. The molecule has 2 rings (SSSR count). The zero-order valence-electron chi connectivity index (χ0n) is 11.6. The minimum absolute atomic E-state index is 0.0709. The second-order valence-electron chi connectivity index (χ2n) is 4.67. The van der Waals surface area contributed by atoms with E-state index in [9.17, 15) is 4.79 Å². The average molecular weight is 270 g/mol. The van der Waals surface area contributed by atoms with Gasteiger partial charge in [-0.05, 0) is 30.7 Å². The minimum Gasteiger partial charge on any atom is -0.495 e. The number of nitrogens with two attached hydrogens (primary N) is 1. The molecule has 0 saturated carbocycles. The summed E-state index contributed by atoms with van der Waals surface area (Å²) in [7, 11) is 1.56. The van der Waals surface area contributed by atoms with E-state index in [0.29, 0.717) is 23.5 Å². The van der Waals surface area contributed by atoms with Crippen LogP contribution in [0.2, 0.25) is 0 Å². The Labute approximate surface area is 118 Å². The number of nitrogen functional groups attached to an aromatic ring is 1. The number of carbonyl (C=O) groups is 1. The van der Waals surface area contributed by atoms with E-state index >= 15 is 0 Å². The van der Waals surface area contributed by atoms with Crippen LogP contribution >= 0.6 is 0 Å². The summed E-state index contributed by atoms with van der Waals surface area (Å²) in [5.41, 5.74) is 9.13. The van der Waals surface area contributed by atoms with Gasteiger partial charge in [-0.25, -0.2) is 0 Å². The van der Waals surface area contributed by atoms with Gasteiger partial charge in [-0.3, -0.25) is 4.79 Å². The normalized spacial score (nSPS) is 10.1. The van der Waals surface area contributed by atoms with E-state index in [1.807, 2.05) is 31.2 Å². The lowest BCUT2D eigenvalue weighted by molar-refractivity contribution is -0.115. The summed E-state index contributed by atoms with van der Waals surface area (Å²) in [5, 5.41) is 2.82. The highest BCUT2D eigenvalue weighted by Gasteiger charge is 2.06. The zero-order valence-corrected chi connectivity index (χ0v) is 11.6. The van der Waals surface area contributed by atoms with Gasteiger partial charge >= 0.3 is 0 Å². The van der Waals surface area contributed by atoms with Crippen molar-refractivity contribution in [2.24, 2.45) is 0 Å². The molecule has 0 unspecified atom stereocenters. The third kappa shape index (κ3) is 3.51. The molecule has 4 nitrogen and oxygen atoms in total. The summed E-state index contributed by atoms with van der Waals surface area (Å²) in [6.07, 6.45) is 0.339. The van der Waals surface area contributed by atoms with Gasteiger partial charge in [0.1, 0.15) is 5.75 Å². The molecule has 0 spiro atoms. The van der Waals surface area contributed by atoms with Crippen molar-refractivity contribution < 1.29 is 9.53 Å². The highest BCUT2D eigenvalue weighted by molar-refractivity contribution is 5.92. The Morgan fingerprint density at radius 1 is 1.20 bits per heavy atom. The Morgan fingerprint density at radius 3 is 2.50 bits per heavy atom. The number of amides is 1. The lowest BCUT2D eigenvalue weighted by Gasteiger charge is -2.09. The van der Waals surface area contributed by atoms with Gasteiger partial charge in [0.2, 0.25) is 5.91 Å². The van der Waals surface area contributed by atoms with Gasteiger partial charge in [0, 0.05) is 5.69 Å². The molecule has 0 atom stereocenters. The van der Waals surface area contributed by atoms with Crippen LogP contribution in [0.1, 0.15) is 11.1 Å². The van der Waals surface area contributed by atoms with Crippen molar-refractivity contribution in [1.82, 2.24) is 0 Å². The van der Waals surface area contributed by atoms with Gasteiger partial charge in [0.15, 0.2) is 0 Å².